The van der Waals surface area contributed by atoms with E-state index in [0.717, 1.165) is 21.9 Å². The molecule has 3 nitrogen and oxygen atoms in total. The first-order chi connectivity index (χ1) is 13.8. The number of carbonyl (C=O) groups excluding carboxylic acids is 1. The molecule has 0 aliphatic heterocycles. The lowest BCUT2D eigenvalue weighted by Crippen LogP contribution is -2.25. The number of nitrogens with zero attached hydrogens (tertiary/aromatic N) is 2. The maximum absolute atomic E-state index is 13.4. The van der Waals surface area contributed by atoms with Crippen LogP contribution in [0.4, 0.5) is 17.1 Å². The number of hydrogen-bond acceptors (Lipinski definition) is 3. The summed E-state index contributed by atoms with van der Waals surface area (Å²) in [5.41, 5.74) is 2.99. The fraction of sp³-hybridized carbons (Fsp3) is 0. The molecule has 0 atom stereocenters. The Morgan fingerprint density at radius 2 is 1.46 bits per heavy atom. The summed E-state index contributed by atoms with van der Waals surface area (Å²) in [5, 5.41) is 2.01. The van der Waals surface area contributed by atoms with Crippen molar-refractivity contribution >= 4 is 40.5 Å². The topological polar surface area (TPSA) is 32.7 Å². The van der Waals surface area contributed by atoms with Gasteiger partial charge >= 0.3 is 0 Å². The summed E-state index contributed by atoms with van der Waals surface area (Å²) < 4.78 is 0. The van der Waals surface area contributed by atoms with Crippen LogP contribution in [0.3, 0.4) is 0 Å². The van der Waals surface area contributed by atoms with Crippen LogP contribution in [0.5, 0.6) is 0 Å². The van der Waals surface area contributed by atoms with Crippen molar-refractivity contribution in [3.8, 4) is 0 Å². The lowest BCUT2D eigenvalue weighted by Gasteiger charge is -2.23. The van der Waals surface area contributed by atoms with Gasteiger partial charge in [0.15, 0.2) is 0 Å². The van der Waals surface area contributed by atoms with Gasteiger partial charge in [0.05, 0.1) is 5.69 Å². The van der Waals surface area contributed by atoms with Crippen LogP contribution in [0.15, 0.2) is 107 Å². The van der Waals surface area contributed by atoms with E-state index in [1.54, 1.807) is 16.2 Å². The van der Waals surface area contributed by atoms with Gasteiger partial charge in [-0.15, -0.1) is 11.3 Å². The molecule has 0 fully saturated rings. The maximum Gasteiger partial charge on any atom is 0.262 e. The van der Waals surface area contributed by atoms with Crippen LogP contribution >= 0.6 is 11.3 Å². The summed E-state index contributed by atoms with van der Waals surface area (Å²) >= 11 is 1.63. The highest BCUT2D eigenvalue weighted by atomic mass is 32.1. The molecule has 3 aromatic carbocycles. The number of anilines is 2. The zero-order valence-electron chi connectivity index (χ0n) is 15.1. The molecule has 0 aliphatic carbocycles. The van der Waals surface area contributed by atoms with Crippen molar-refractivity contribution in [2.75, 3.05) is 4.90 Å². The Morgan fingerprint density at radius 3 is 2.07 bits per heavy atom. The lowest BCUT2D eigenvalue weighted by molar-refractivity contribution is 0.0999. The summed E-state index contributed by atoms with van der Waals surface area (Å²) in [6.45, 7) is 0. The van der Waals surface area contributed by atoms with Crippen molar-refractivity contribution in [3.63, 3.8) is 0 Å². The molecule has 1 aromatic heterocycles. The van der Waals surface area contributed by atoms with Crippen LogP contribution in [0.2, 0.25) is 0 Å². The highest BCUT2D eigenvalue weighted by Gasteiger charge is 2.19. The van der Waals surface area contributed by atoms with Crippen molar-refractivity contribution in [2.24, 2.45) is 4.99 Å². The molecule has 0 spiro atoms. The van der Waals surface area contributed by atoms with E-state index in [2.05, 4.69) is 4.99 Å². The van der Waals surface area contributed by atoms with Crippen molar-refractivity contribution in [1.82, 2.24) is 0 Å². The van der Waals surface area contributed by atoms with Crippen molar-refractivity contribution < 1.29 is 4.79 Å². The highest BCUT2D eigenvalue weighted by molar-refractivity contribution is 7.11. The Kier molecular flexibility index (Phi) is 5.41. The molecule has 28 heavy (non-hydrogen) atoms. The summed E-state index contributed by atoms with van der Waals surface area (Å²) in [4.78, 5) is 20.7. The molecule has 1 amide bonds. The third kappa shape index (κ3) is 4.08. The standard InChI is InChI=1S/C24H18N2OS/c27-24(19-9-7-10-20(17-19)25-18-23-15-8-16-28-23)26(21-11-3-1-4-12-21)22-13-5-2-6-14-22/h1-18H. The largest absolute Gasteiger partial charge is 0.277 e. The molecule has 0 bridgehead atoms. The number of carbonyl (C=O) groups is 1. The number of thiophene rings is 1. The van der Waals surface area contributed by atoms with Gasteiger partial charge in [0.25, 0.3) is 5.91 Å². The number of para-hydroxylation sites is 2. The third-order valence-electron chi connectivity index (χ3n) is 4.21. The molecule has 0 unspecified atom stereocenters. The highest BCUT2D eigenvalue weighted by Crippen LogP contribution is 2.28. The Labute approximate surface area is 168 Å². The molecule has 136 valence electrons. The normalized spacial score (nSPS) is 10.9. The molecule has 0 aliphatic rings. The quantitative estimate of drug-likeness (QED) is 0.364. The number of amides is 1. The fourth-order valence-corrected chi connectivity index (χ4v) is 3.47. The van der Waals surface area contributed by atoms with Crippen LogP contribution in [-0.2, 0) is 0 Å². The minimum absolute atomic E-state index is 0.0921. The average molecular weight is 382 g/mol. The van der Waals surface area contributed by atoms with Gasteiger partial charge in [-0.3, -0.25) is 14.7 Å². The van der Waals surface area contributed by atoms with Gasteiger partial charge in [-0.05, 0) is 53.9 Å². The van der Waals surface area contributed by atoms with E-state index in [9.17, 15) is 4.79 Å². The van der Waals surface area contributed by atoms with Gasteiger partial charge in [-0.25, -0.2) is 0 Å². The molecule has 0 saturated heterocycles. The molecule has 0 radical (unpaired) electrons. The Hall–Kier alpha value is -3.50. The second-order valence-electron chi connectivity index (χ2n) is 6.14. The third-order valence-corrected chi connectivity index (χ3v) is 5.02. The van der Waals surface area contributed by atoms with Gasteiger partial charge in [-0.2, -0.15) is 0 Å². The Morgan fingerprint density at radius 1 is 0.786 bits per heavy atom. The van der Waals surface area contributed by atoms with Crippen LogP contribution in [-0.4, -0.2) is 12.1 Å². The van der Waals surface area contributed by atoms with Gasteiger partial charge in [0.2, 0.25) is 0 Å². The second kappa shape index (κ2) is 8.46. The van der Waals surface area contributed by atoms with Gasteiger partial charge in [0, 0.05) is 28.0 Å². The SMILES string of the molecule is O=C(c1cccc(N=Cc2cccs2)c1)N(c1ccccc1)c1ccccc1. The molecule has 1 heterocycles. The van der Waals surface area contributed by atoms with Gasteiger partial charge in [-0.1, -0.05) is 48.5 Å². The Balaban J connectivity index is 1.68. The van der Waals surface area contributed by atoms with E-state index in [1.165, 1.54) is 0 Å². The van der Waals surface area contributed by atoms with E-state index in [-0.39, 0.29) is 5.91 Å². The van der Waals surface area contributed by atoms with Crippen LogP contribution in [0.1, 0.15) is 15.2 Å². The first kappa shape index (κ1) is 17.9. The predicted octanol–water partition coefficient (Wildman–Crippen LogP) is 6.48. The van der Waals surface area contributed by atoms with E-state index in [4.69, 9.17) is 0 Å². The van der Waals surface area contributed by atoms with Gasteiger partial charge < -0.3 is 0 Å². The van der Waals surface area contributed by atoms with Crippen LogP contribution < -0.4 is 4.90 Å². The minimum atomic E-state index is -0.0921. The monoisotopic (exact) mass is 382 g/mol. The fourth-order valence-electron chi connectivity index (χ4n) is 2.89. The summed E-state index contributed by atoms with van der Waals surface area (Å²) in [6, 6.07) is 30.8. The summed E-state index contributed by atoms with van der Waals surface area (Å²) in [7, 11) is 0. The number of benzene rings is 3. The smallest absolute Gasteiger partial charge is 0.262 e. The van der Waals surface area contributed by atoms with Crippen molar-refractivity contribution in [2.45, 2.75) is 0 Å². The van der Waals surface area contributed by atoms with Crippen LogP contribution in [0.25, 0.3) is 0 Å². The van der Waals surface area contributed by atoms with Crippen molar-refractivity contribution in [3.05, 3.63) is 113 Å². The maximum atomic E-state index is 13.4. The van der Waals surface area contributed by atoms with E-state index >= 15 is 0 Å². The molecular weight excluding hydrogens is 364 g/mol. The lowest BCUT2D eigenvalue weighted by atomic mass is 10.1. The first-order valence-corrected chi connectivity index (χ1v) is 9.81. The van der Waals surface area contributed by atoms with Crippen molar-refractivity contribution in [1.29, 1.82) is 0 Å². The zero-order chi connectivity index (χ0) is 19.2. The molecular formula is C24H18N2OS. The second-order valence-corrected chi connectivity index (χ2v) is 7.11. The summed E-state index contributed by atoms with van der Waals surface area (Å²) in [6.07, 6.45) is 1.82. The number of rotatable bonds is 5. The van der Waals surface area contributed by atoms with Gasteiger partial charge in [0.1, 0.15) is 0 Å². The molecule has 4 aromatic rings. The minimum Gasteiger partial charge on any atom is -0.277 e. The van der Waals surface area contributed by atoms with Crippen LogP contribution in [0, 0.1) is 0 Å². The van der Waals surface area contributed by atoms with E-state index < -0.39 is 0 Å². The number of hydrogen-bond donors (Lipinski definition) is 0. The van der Waals surface area contributed by atoms with E-state index in [1.807, 2.05) is 109 Å². The Bertz CT molecular complexity index is 1030. The molecule has 0 saturated carbocycles. The molecule has 4 rings (SSSR count). The predicted molar refractivity (Wildman–Crippen MR) is 117 cm³/mol. The van der Waals surface area contributed by atoms with E-state index in [0.29, 0.717) is 5.56 Å². The summed E-state index contributed by atoms with van der Waals surface area (Å²) in [5.74, 6) is -0.0921. The first-order valence-electron chi connectivity index (χ1n) is 8.93. The number of aliphatic imine (C=N–C) groups is 1. The molecule has 0 N–H and O–H groups in total. The average Bonchev–Trinajstić information content (AvgIpc) is 3.28. The molecule has 4 heteroatoms. The zero-order valence-corrected chi connectivity index (χ0v) is 15.9.